The molecular weight excluding hydrogens is 266 g/mol. The van der Waals surface area contributed by atoms with Gasteiger partial charge in [-0.3, -0.25) is 0 Å². The fourth-order valence-corrected chi connectivity index (χ4v) is 2.03. The Morgan fingerprint density at radius 2 is 2.05 bits per heavy atom. The lowest BCUT2D eigenvalue weighted by atomic mass is 10.2. The van der Waals surface area contributed by atoms with Crippen LogP contribution in [0.15, 0.2) is 39.5 Å². The summed E-state index contributed by atoms with van der Waals surface area (Å²) >= 11 is 6.10. The number of nitrogens with two attached hydrogens (primary N) is 1. The van der Waals surface area contributed by atoms with Crippen LogP contribution >= 0.6 is 11.6 Å². The number of aromatic nitrogens is 2. The van der Waals surface area contributed by atoms with E-state index in [1.165, 1.54) is 0 Å². The quantitative estimate of drug-likeness (QED) is 0.724. The van der Waals surface area contributed by atoms with Crippen LogP contribution in [0.3, 0.4) is 0 Å². The van der Waals surface area contributed by atoms with Crippen LogP contribution in [-0.4, -0.2) is 10.1 Å². The lowest BCUT2D eigenvalue weighted by Crippen LogP contribution is -1.86. The smallest absolute Gasteiger partial charge is 0.259 e. The third kappa shape index (κ3) is 2.08. The second kappa shape index (κ2) is 4.44. The predicted octanol–water partition coefficient (Wildman–Crippen LogP) is 3.54. The number of benzene rings is 1. The van der Waals surface area contributed by atoms with Crippen molar-refractivity contribution in [1.29, 1.82) is 0 Å². The Balaban J connectivity index is 2.04. The molecule has 0 aliphatic rings. The number of rotatable bonds is 2. The molecule has 2 aromatic heterocycles. The number of aryl methyl sites for hydroxylation is 1. The van der Waals surface area contributed by atoms with Crippen molar-refractivity contribution in [3.63, 3.8) is 0 Å². The van der Waals surface area contributed by atoms with E-state index >= 15 is 0 Å². The molecule has 96 valence electrons. The minimum absolute atomic E-state index is 0.348. The third-order valence-electron chi connectivity index (χ3n) is 2.75. The first kappa shape index (κ1) is 11.8. The van der Waals surface area contributed by atoms with Crippen LogP contribution in [0.5, 0.6) is 0 Å². The zero-order valence-corrected chi connectivity index (χ0v) is 10.8. The first-order chi connectivity index (χ1) is 9.15. The molecule has 0 fully saturated rings. The number of hydrogen-bond donors (Lipinski definition) is 1. The van der Waals surface area contributed by atoms with Gasteiger partial charge in [0.1, 0.15) is 5.76 Å². The first-order valence-corrected chi connectivity index (χ1v) is 5.96. The zero-order chi connectivity index (χ0) is 13.4. The van der Waals surface area contributed by atoms with Crippen LogP contribution in [0.1, 0.15) is 5.76 Å². The van der Waals surface area contributed by atoms with Crippen molar-refractivity contribution < 1.29 is 8.94 Å². The molecule has 6 heteroatoms. The van der Waals surface area contributed by atoms with Gasteiger partial charge >= 0.3 is 0 Å². The van der Waals surface area contributed by atoms with Gasteiger partial charge in [-0.15, -0.1) is 0 Å². The number of anilines is 1. The topological polar surface area (TPSA) is 78.1 Å². The maximum atomic E-state index is 6.10. The summed E-state index contributed by atoms with van der Waals surface area (Å²) in [6.07, 6.45) is 1.58. The number of nitrogen functional groups attached to an aromatic ring is 1. The number of nitrogens with zero attached hydrogens (tertiary/aromatic N) is 2. The summed E-state index contributed by atoms with van der Waals surface area (Å²) in [5, 5.41) is 4.39. The minimum Gasteiger partial charge on any atom is -0.469 e. The van der Waals surface area contributed by atoms with Crippen LogP contribution in [0.2, 0.25) is 5.02 Å². The molecule has 0 radical (unpaired) electrons. The Bertz CT molecular complexity index is 733. The maximum Gasteiger partial charge on any atom is 0.259 e. The van der Waals surface area contributed by atoms with Gasteiger partial charge in [0.05, 0.1) is 22.4 Å². The molecule has 2 N–H and O–H groups in total. The maximum absolute atomic E-state index is 6.10. The fourth-order valence-electron chi connectivity index (χ4n) is 1.76. The molecule has 0 saturated heterocycles. The molecule has 0 bridgehead atoms. The van der Waals surface area contributed by atoms with Gasteiger partial charge in [0.25, 0.3) is 5.89 Å². The standard InChI is InChI=1S/C13H10ClN3O2/c1-7-9(4-5-18-7)12-16-13(19-17-12)10-3-2-8(15)6-11(10)14/h2-6H,15H2,1H3. The van der Waals surface area contributed by atoms with Gasteiger partial charge in [-0.25, -0.2) is 0 Å². The average molecular weight is 276 g/mol. The van der Waals surface area contributed by atoms with E-state index in [9.17, 15) is 0 Å². The molecule has 0 aliphatic heterocycles. The van der Waals surface area contributed by atoms with E-state index in [2.05, 4.69) is 10.1 Å². The van der Waals surface area contributed by atoms with Crippen molar-refractivity contribution in [2.24, 2.45) is 0 Å². The molecule has 19 heavy (non-hydrogen) atoms. The highest BCUT2D eigenvalue weighted by Crippen LogP contribution is 2.30. The Kier molecular flexibility index (Phi) is 2.76. The van der Waals surface area contributed by atoms with Crippen molar-refractivity contribution in [3.05, 3.63) is 41.3 Å². The molecule has 5 nitrogen and oxygen atoms in total. The summed E-state index contributed by atoms with van der Waals surface area (Å²) in [6, 6.07) is 6.91. The van der Waals surface area contributed by atoms with Crippen molar-refractivity contribution >= 4 is 17.3 Å². The lowest BCUT2D eigenvalue weighted by molar-refractivity contribution is 0.432. The summed E-state index contributed by atoms with van der Waals surface area (Å²) in [5.41, 5.74) is 7.67. The minimum atomic E-state index is 0.348. The van der Waals surface area contributed by atoms with Crippen LogP contribution in [-0.2, 0) is 0 Å². The third-order valence-corrected chi connectivity index (χ3v) is 3.06. The second-order valence-electron chi connectivity index (χ2n) is 4.05. The molecule has 0 atom stereocenters. The van der Waals surface area contributed by atoms with E-state index in [1.807, 2.05) is 6.92 Å². The Hall–Kier alpha value is -2.27. The van der Waals surface area contributed by atoms with Gasteiger partial charge in [-0.1, -0.05) is 16.8 Å². The zero-order valence-electron chi connectivity index (χ0n) is 10.1. The highest BCUT2D eigenvalue weighted by atomic mass is 35.5. The molecule has 0 amide bonds. The fraction of sp³-hybridized carbons (Fsp3) is 0.0769. The Morgan fingerprint density at radius 3 is 2.74 bits per heavy atom. The van der Waals surface area contributed by atoms with E-state index in [0.717, 1.165) is 11.3 Å². The van der Waals surface area contributed by atoms with Crippen molar-refractivity contribution in [2.45, 2.75) is 6.92 Å². The number of halogens is 1. The van der Waals surface area contributed by atoms with Gasteiger partial charge in [-0.05, 0) is 31.2 Å². The Morgan fingerprint density at radius 1 is 1.21 bits per heavy atom. The average Bonchev–Trinajstić information content (AvgIpc) is 2.97. The van der Waals surface area contributed by atoms with Crippen molar-refractivity contribution in [2.75, 3.05) is 5.73 Å². The van der Waals surface area contributed by atoms with E-state index in [1.54, 1.807) is 30.5 Å². The van der Waals surface area contributed by atoms with E-state index in [-0.39, 0.29) is 0 Å². The summed E-state index contributed by atoms with van der Waals surface area (Å²) in [7, 11) is 0. The van der Waals surface area contributed by atoms with E-state index in [4.69, 9.17) is 26.3 Å². The molecule has 0 spiro atoms. The summed E-state index contributed by atoms with van der Waals surface area (Å²) in [4.78, 5) is 4.31. The molecular formula is C13H10ClN3O2. The normalized spacial score (nSPS) is 10.8. The van der Waals surface area contributed by atoms with Crippen LogP contribution in [0, 0.1) is 6.92 Å². The summed E-state index contributed by atoms with van der Waals surface area (Å²) in [5.74, 6) is 1.55. The summed E-state index contributed by atoms with van der Waals surface area (Å²) < 4.78 is 10.4. The van der Waals surface area contributed by atoms with Gasteiger partial charge in [0, 0.05) is 5.69 Å². The predicted molar refractivity (Wildman–Crippen MR) is 71.6 cm³/mol. The largest absolute Gasteiger partial charge is 0.469 e. The highest BCUT2D eigenvalue weighted by Gasteiger charge is 2.15. The van der Waals surface area contributed by atoms with Crippen LogP contribution in [0.25, 0.3) is 22.8 Å². The van der Waals surface area contributed by atoms with Crippen LogP contribution in [0.4, 0.5) is 5.69 Å². The van der Waals surface area contributed by atoms with Crippen LogP contribution < -0.4 is 5.73 Å². The van der Waals surface area contributed by atoms with Gasteiger partial charge < -0.3 is 14.7 Å². The molecule has 0 aliphatic carbocycles. The molecule has 0 unspecified atom stereocenters. The van der Waals surface area contributed by atoms with E-state index in [0.29, 0.717) is 28.0 Å². The van der Waals surface area contributed by atoms with Crippen molar-refractivity contribution in [1.82, 2.24) is 10.1 Å². The first-order valence-electron chi connectivity index (χ1n) is 5.59. The molecule has 3 rings (SSSR count). The summed E-state index contributed by atoms with van der Waals surface area (Å²) in [6.45, 7) is 1.83. The number of furan rings is 1. The highest BCUT2D eigenvalue weighted by molar-refractivity contribution is 6.33. The van der Waals surface area contributed by atoms with Gasteiger partial charge in [-0.2, -0.15) is 4.98 Å². The second-order valence-corrected chi connectivity index (χ2v) is 4.46. The monoisotopic (exact) mass is 275 g/mol. The SMILES string of the molecule is Cc1occc1-c1noc(-c2ccc(N)cc2Cl)n1. The van der Waals surface area contributed by atoms with Crippen molar-refractivity contribution in [3.8, 4) is 22.8 Å². The molecule has 0 saturated carbocycles. The number of hydrogen-bond acceptors (Lipinski definition) is 5. The lowest BCUT2D eigenvalue weighted by Gasteiger charge is -1.99. The van der Waals surface area contributed by atoms with Gasteiger partial charge in [0.15, 0.2) is 0 Å². The molecule has 2 heterocycles. The van der Waals surface area contributed by atoms with E-state index < -0.39 is 0 Å². The van der Waals surface area contributed by atoms with Gasteiger partial charge in [0.2, 0.25) is 5.82 Å². The molecule has 1 aromatic carbocycles. The Labute approximate surface area is 114 Å². The molecule has 3 aromatic rings.